The summed E-state index contributed by atoms with van der Waals surface area (Å²) in [6.07, 6.45) is 6.21. The van der Waals surface area contributed by atoms with E-state index < -0.39 is 0 Å². The molecule has 5 nitrogen and oxygen atoms in total. The zero-order chi connectivity index (χ0) is 16.5. The third-order valence-electron chi connectivity index (χ3n) is 4.07. The molecule has 6 heteroatoms. The average Bonchev–Trinajstić information content (AvgIpc) is 2.50. The number of amides is 2. The number of rotatable bonds is 5. The molecule has 1 aromatic carbocycles. The minimum Gasteiger partial charge on any atom is -0.342 e. The molecule has 1 aliphatic rings. The van der Waals surface area contributed by atoms with Crippen LogP contribution in [0.2, 0.25) is 0 Å². The van der Waals surface area contributed by atoms with Gasteiger partial charge in [0.25, 0.3) is 5.91 Å². The van der Waals surface area contributed by atoms with E-state index in [2.05, 4.69) is 26.6 Å². The fraction of sp³-hybridized carbons (Fsp3) is 0.529. The fourth-order valence-electron chi connectivity index (χ4n) is 2.81. The number of likely N-dealkylation sites (tertiary alicyclic amines) is 1. The van der Waals surface area contributed by atoms with Crippen molar-refractivity contribution in [2.24, 2.45) is 0 Å². The first-order valence-corrected chi connectivity index (χ1v) is 9.09. The summed E-state index contributed by atoms with van der Waals surface area (Å²) in [5, 5.41) is 5.50. The number of quaternary nitrogens is 1. The highest BCUT2D eigenvalue weighted by Gasteiger charge is 2.16. The molecule has 126 valence electrons. The number of carbonyl (C=O) groups is 2. The van der Waals surface area contributed by atoms with Gasteiger partial charge < -0.3 is 15.5 Å². The summed E-state index contributed by atoms with van der Waals surface area (Å²) in [6.45, 7) is 2.57. The molecule has 2 amide bonds. The van der Waals surface area contributed by atoms with Gasteiger partial charge in [-0.2, -0.15) is 0 Å². The van der Waals surface area contributed by atoms with Crippen molar-refractivity contribution >= 4 is 33.4 Å². The van der Waals surface area contributed by atoms with Crippen LogP contribution in [0.25, 0.3) is 0 Å². The number of carbonyl (C=O) groups excluding carboxylic acids is 2. The van der Waals surface area contributed by atoms with Crippen LogP contribution in [-0.2, 0) is 9.59 Å². The van der Waals surface area contributed by atoms with Crippen LogP contribution >= 0.6 is 15.9 Å². The van der Waals surface area contributed by atoms with Gasteiger partial charge in [0, 0.05) is 4.47 Å². The maximum Gasteiger partial charge on any atom is 0.275 e. The number of halogens is 1. The first-order valence-electron chi connectivity index (χ1n) is 8.30. The van der Waals surface area contributed by atoms with Crippen molar-refractivity contribution in [2.75, 3.05) is 31.5 Å². The Morgan fingerprint density at radius 3 is 2.35 bits per heavy atom. The molecule has 0 saturated carbocycles. The van der Waals surface area contributed by atoms with E-state index in [1.165, 1.54) is 37.0 Å². The predicted octanol–water partition coefficient (Wildman–Crippen LogP) is 1.35. The molecule has 0 spiro atoms. The Kier molecular flexibility index (Phi) is 7.55. The second-order valence-corrected chi connectivity index (χ2v) is 6.85. The lowest BCUT2D eigenvalue weighted by Crippen LogP contribution is -3.13. The van der Waals surface area contributed by atoms with Crippen LogP contribution < -0.4 is 15.5 Å². The monoisotopic (exact) mass is 382 g/mol. The highest BCUT2D eigenvalue weighted by Crippen LogP contribution is 2.20. The number of hydrogen-bond acceptors (Lipinski definition) is 2. The summed E-state index contributed by atoms with van der Waals surface area (Å²) >= 11 is 3.38. The van der Waals surface area contributed by atoms with E-state index in [4.69, 9.17) is 0 Å². The molecule has 0 radical (unpaired) electrons. The number of para-hydroxylation sites is 1. The van der Waals surface area contributed by atoms with Gasteiger partial charge in [-0.3, -0.25) is 9.59 Å². The zero-order valence-corrected chi connectivity index (χ0v) is 15.0. The van der Waals surface area contributed by atoms with Crippen molar-refractivity contribution in [2.45, 2.75) is 32.1 Å². The van der Waals surface area contributed by atoms with Crippen molar-refractivity contribution in [1.29, 1.82) is 0 Å². The van der Waals surface area contributed by atoms with E-state index in [0.717, 1.165) is 17.6 Å². The van der Waals surface area contributed by atoms with E-state index in [-0.39, 0.29) is 18.4 Å². The lowest BCUT2D eigenvalue weighted by molar-refractivity contribution is -0.893. The highest BCUT2D eigenvalue weighted by molar-refractivity contribution is 9.10. The fourth-order valence-corrected chi connectivity index (χ4v) is 3.19. The average molecular weight is 383 g/mol. The Balaban J connectivity index is 1.71. The third kappa shape index (κ3) is 6.71. The summed E-state index contributed by atoms with van der Waals surface area (Å²) < 4.78 is 0.824. The molecule has 0 aromatic heterocycles. The smallest absolute Gasteiger partial charge is 0.275 e. The van der Waals surface area contributed by atoms with Gasteiger partial charge in [0.1, 0.15) is 0 Å². The molecule has 1 fully saturated rings. The van der Waals surface area contributed by atoms with Crippen molar-refractivity contribution in [1.82, 2.24) is 5.32 Å². The van der Waals surface area contributed by atoms with Gasteiger partial charge in [0.2, 0.25) is 5.91 Å². The zero-order valence-electron chi connectivity index (χ0n) is 13.4. The number of benzene rings is 1. The van der Waals surface area contributed by atoms with E-state index in [1.807, 2.05) is 24.3 Å². The Morgan fingerprint density at radius 2 is 1.65 bits per heavy atom. The Hall–Kier alpha value is -1.40. The Morgan fingerprint density at radius 1 is 1.00 bits per heavy atom. The second-order valence-electron chi connectivity index (χ2n) is 6.00. The molecule has 1 aromatic rings. The topological polar surface area (TPSA) is 62.6 Å². The molecule has 0 unspecified atom stereocenters. The molecule has 1 heterocycles. The highest BCUT2D eigenvalue weighted by atomic mass is 79.9. The van der Waals surface area contributed by atoms with Crippen molar-refractivity contribution in [3.05, 3.63) is 28.7 Å². The van der Waals surface area contributed by atoms with Crippen LogP contribution in [0.4, 0.5) is 5.69 Å². The van der Waals surface area contributed by atoms with Crippen LogP contribution in [0, 0.1) is 0 Å². The standard InChI is InChI=1S/C17H24BrN3O2/c18-14-8-4-5-9-15(14)20-16(22)12-19-17(23)13-21-10-6-2-1-3-7-11-21/h4-5,8-9H,1-3,6-7,10-13H2,(H,19,23)(H,20,22)/p+1. The molecule has 0 bridgehead atoms. The van der Waals surface area contributed by atoms with Gasteiger partial charge in [-0.15, -0.1) is 0 Å². The van der Waals surface area contributed by atoms with Gasteiger partial charge in [0.15, 0.2) is 6.54 Å². The lowest BCUT2D eigenvalue weighted by atomic mass is 10.1. The number of anilines is 1. The van der Waals surface area contributed by atoms with E-state index in [1.54, 1.807) is 0 Å². The van der Waals surface area contributed by atoms with Crippen LogP contribution in [0.15, 0.2) is 28.7 Å². The van der Waals surface area contributed by atoms with Gasteiger partial charge in [-0.05, 0) is 53.7 Å². The molecule has 0 aliphatic carbocycles. The number of nitrogens with one attached hydrogen (secondary N) is 3. The first-order chi connectivity index (χ1) is 11.1. The molecule has 0 atom stereocenters. The maximum absolute atomic E-state index is 12.0. The Labute approximate surface area is 145 Å². The summed E-state index contributed by atoms with van der Waals surface area (Å²) in [7, 11) is 0. The van der Waals surface area contributed by atoms with E-state index in [9.17, 15) is 9.59 Å². The SMILES string of the molecule is O=C(C[NH+]1CCCCCCC1)NCC(=O)Nc1ccccc1Br. The minimum atomic E-state index is -0.215. The molecular formula is C17H25BrN3O2+. The van der Waals surface area contributed by atoms with Gasteiger partial charge in [-0.1, -0.05) is 18.6 Å². The molecule has 23 heavy (non-hydrogen) atoms. The van der Waals surface area contributed by atoms with Crippen molar-refractivity contribution in [3.8, 4) is 0 Å². The van der Waals surface area contributed by atoms with Crippen LogP contribution in [0.1, 0.15) is 32.1 Å². The second kappa shape index (κ2) is 9.67. The van der Waals surface area contributed by atoms with Crippen LogP contribution in [-0.4, -0.2) is 38.0 Å². The predicted molar refractivity (Wildman–Crippen MR) is 94.4 cm³/mol. The van der Waals surface area contributed by atoms with Gasteiger partial charge in [0.05, 0.1) is 25.3 Å². The quantitative estimate of drug-likeness (QED) is 0.719. The van der Waals surface area contributed by atoms with Crippen LogP contribution in [0.5, 0.6) is 0 Å². The third-order valence-corrected chi connectivity index (χ3v) is 4.76. The first kappa shape index (κ1) is 17.9. The maximum atomic E-state index is 12.0. The summed E-state index contributed by atoms with van der Waals surface area (Å²) in [6, 6.07) is 7.41. The number of hydrogen-bond donors (Lipinski definition) is 3. The molecule has 1 aliphatic heterocycles. The normalized spacial score (nSPS) is 16.2. The molecular weight excluding hydrogens is 358 g/mol. The lowest BCUT2D eigenvalue weighted by Gasteiger charge is -2.21. The minimum absolute atomic E-state index is 0.00739. The van der Waals surface area contributed by atoms with Gasteiger partial charge >= 0.3 is 0 Å². The van der Waals surface area contributed by atoms with Crippen molar-refractivity contribution in [3.63, 3.8) is 0 Å². The van der Waals surface area contributed by atoms with Crippen LogP contribution in [0.3, 0.4) is 0 Å². The van der Waals surface area contributed by atoms with E-state index in [0.29, 0.717) is 12.2 Å². The molecule has 3 N–H and O–H groups in total. The molecule has 1 saturated heterocycles. The van der Waals surface area contributed by atoms with Crippen molar-refractivity contribution < 1.29 is 14.5 Å². The Bertz CT molecular complexity index is 528. The summed E-state index contributed by atoms with van der Waals surface area (Å²) in [4.78, 5) is 25.2. The van der Waals surface area contributed by atoms with E-state index >= 15 is 0 Å². The largest absolute Gasteiger partial charge is 0.342 e. The molecule has 2 rings (SSSR count). The summed E-state index contributed by atoms with van der Waals surface area (Å²) in [5.41, 5.74) is 0.709. The summed E-state index contributed by atoms with van der Waals surface area (Å²) in [5.74, 6) is -0.268. The van der Waals surface area contributed by atoms with Gasteiger partial charge in [-0.25, -0.2) is 0 Å².